The summed E-state index contributed by atoms with van der Waals surface area (Å²) in [7, 11) is 0. The molecule has 0 fully saturated rings. The van der Waals surface area contributed by atoms with E-state index in [9.17, 15) is 0 Å². The molecule has 1 rings (SSSR count). The van der Waals surface area contributed by atoms with Gasteiger partial charge in [0.25, 0.3) is 0 Å². The molecule has 0 amide bonds. The lowest BCUT2D eigenvalue weighted by atomic mass is 9.99. The van der Waals surface area contributed by atoms with Crippen LogP contribution in [0.3, 0.4) is 0 Å². The van der Waals surface area contributed by atoms with Crippen LogP contribution in [0.25, 0.3) is 6.08 Å². The summed E-state index contributed by atoms with van der Waals surface area (Å²) in [6.45, 7) is 11.8. The maximum atomic E-state index is 6.12. The number of amidine groups is 1. The largest absolute Gasteiger partial charge is 0.383 e. The monoisotopic (exact) mass is 311 g/mol. The molecule has 0 aliphatic heterocycles. The Balaban J connectivity index is 2.97. The van der Waals surface area contributed by atoms with Gasteiger partial charge in [0, 0.05) is 24.4 Å². The number of benzene rings is 1. The molecule has 1 aromatic carbocycles. The molecule has 3 nitrogen and oxygen atoms in total. The van der Waals surface area contributed by atoms with E-state index < -0.39 is 0 Å². The molecule has 0 aromatic heterocycles. The normalized spacial score (nSPS) is 12.7. The van der Waals surface area contributed by atoms with Gasteiger partial charge in [-0.15, -0.1) is 0 Å². The van der Waals surface area contributed by atoms with Crippen LogP contribution < -0.4 is 11.1 Å². The zero-order chi connectivity index (χ0) is 17.1. The van der Waals surface area contributed by atoms with E-state index in [-0.39, 0.29) is 0 Å². The molecule has 23 heavy (non-hydrogen) atoms. The highest BCUT2D eigenvalue weighted by atomic mass is 14.9. The average Bonchev–Trinajstić information content (AvgIpc) is 2.54. The van der Waals surface area contributed by atoms with Crippen LogP contribution in [0.5, 0.6) is 0 Å². The molecule has 0 aliphatic carbocycles. The first-order chi connectivity index (χ1) is 11.1. The molecule has 124 valence electrons. The lowest BCUT2D eigenvalue weighted by molar-refractivity contribution is 0.923. The highest BCUT2D eigenvalue weighted by Gasteiger charge is 2.07. The van der Waals surface area contributed by atoms with Crippen molar-refractivity contribution in [3.8, 4) is 0 Å². The number of hydrogen-bond donors (Lipinski definition) is 2. The smallest absolute Gasteiger partial charge is 0.125 e. The summed E-state index contributed by atoms with van der Waals surface area (Å²) >= 11 is 0. The predicted molar refractivity (Wildman–Crippen MR) is 104 cm³/mol. The van der Waals surface area contributed by atoms with Crippen LogP contribution in [0.2, 0.25) is 0 Å². The Morgan fingerprint density at radius 3 is 2.52 bits per heavy atom. The maximum Gasteiger partial charge on any atom is 0.125 e. The number of allylic oxidation sites excluding steroid dienone is 1. The van der Waals surface area contributed by atoms with Crippen molar-refractivity contribution in [1.82, 2.24) is 0 Å². The van der Waals surface area contributed by atoms with Gasteiger partial charge in [0.1, 0.15) is 5.84 Å². The van der Waals surface area contributed by atoms with Crippen LogP contribution in [0, 0.1) is 0 Å². The fourth-order valence-electron chi connectivity index (χ4n) is 2.21. The Morgan fingerprint density at radius 1 is 1.26 bits per heavy atom. The second-order valence-corrected chi connectivity index (χ2v) is 5.34. The van der Waals surface area contributed by atoms with E-state index in [1.165, 1.54) is 0 Å². The Kier molecular flexibility index (Phi) is 8.51. The van der Waals surface area contributed by atoms with Gasteiger partial charge < -0.3 is 11.1 Å². The van der Waals surface area contributed by atoms with Gasteiger partial charge in [-0.3, -0.25) is 4.99 Å². The second-order valence-electron chi connectivity index (χ2n) is 5.34. The predicted octanol–water partition coefficient (Wildman–Crippen LogP) is 4.79. The van der Waals surface area contributed by atoms with Crippen molar-refractivity contribution < 1.29 is 0 Å². The third-order valence-electron chi connectivity index (χ3n) is 3.42. The molecule has 3 heteroatoms. The Morgan fingerprint density at radius 2 is 1.96 bits per heavy atom. The number of hydrogen-bond acceptors (Lipinski definition) is 2. The minimum atomic E-state index is 0.571. The first-order valence-electron chi connectivity index (χ1n) is 8.27. The number of anilines is 1. The van der Waals surface area contributed by atoms with Gasteiger partial charge >= 0.3 is 0 Å². The fourth-order valence-corrected chi connectivity index (χ4v) is 2.21. The molecule has 0 saturated heterocycles. The van der Waals surface area contributed by atoms with Gasteiger partial charge in [-0.05, 0) is 49.6 Å². The fraction of sp³-hybridized carbons (Fsp3) is 0.350. The minimum absolute atomic E-state index is 0.571. The lowest BCUT2D eigenvalue weighted by Crippen LogP contribution is -2.16. The van der Waals surface area contributed by atoms with Gasteiger partial charge in [-0.25, -0.2) is 0 Å². The third-order valence-corrected chi connectivity index (χ3v) is 3.42. The van der Waals surface area contributed by atoms with Crippen LogP contribution in [0.15, 0.2) is 59.1 Å². The number of rotatable bonds is 9. The molecule has 0 aliphatic rings. The molecule has 0 radical (unpaired) electrons. The van der Waals surface area contributed by atoms with Crippen LogP contribution in [0.4, 0.5) is 5.69 Å². The summed E-state index contributed by atoms with van der Waals surface area (Å²) < 4.78 is 0. The van der Waals surface area contributed by atoms with Crippen molar-refractivity contribution in [2.45, 2.75) is 33.6 Å². The molecule has 1 aromatic rings. The Hall–Kier alpha value is -2.29. The first kappa shape index (κ1) is 18.8. The van der Waals surface area contributed by atoms with E-state index in [1.54, 1.807) is 0 Å². The summed E-state index contributed by atoms with van der Waals surface area (Å²) in [6.07, 6.45) is 8.16. The standard InChI is InChI=1S/C20H29N3/c1-5-8-14-23-18-12-10-17(11-13-18)15-19(16(4)9-6-2)20(21)22-7-3/h5,8,10-13,15,23H,4,6-7,9,14H2,1-3H3,(H2,21,22). The summed E-state index contributed by atoms with van der Waals surface area (Å²) in [5.41, 5.74) is 10.3. The summed E-state index contributed by atoms with van der Waals surface area (Å²) in [5, 5.41) is 3.34. The first-order valence-corrected chi connectivity index (χ1v) is 8.27. The van der Waals surface area contributed by atoms with Crippen LogP contribution in [-0.4, -0.2) is 18.9 Å². The summed E-state index contributed by atoms with van der Waals surface area (Å²) in [5.74, 6) is 0.571. The van der Waals surface area contributed by atoms with Crippen molar-refractivity contribution in [2.75, 3.05) is 18.4 Å². The minimum Gasteiger partial charge on any atom is -0.383 e. The molecule has 0 bridgehead atoms. The van der Waals surface area contributed by atoms with Gasteiger partial charge in [-0.2, -0.15) is 0 Å². The highest BCUT2D eigenvalue weighted by molar-refractivity contribution is 6.04. The highest BCUT2D eigenvalue weighted by Crippen LogP contribution is 2.19. The molecule has 0 heterocycles. The number of aliphatic imine (C=N–C) groups is 1. The van der Waals surface area contributed by atoms with Gasteiger partial charge in [0.2, 0.25) is 0 Å². The zero-order valence-corrected chi connectivity index (χ0v) is 14.6. The van der Waals surface area contributed by atoms with Crippen LogP contribution >= 0.6 is 0 Å². The molecular formula is C20H29N3. The molecular weight excluding hydrogens is 282 g/mol. The van der Waals surface area contributed by atoms with Gasteiger partial charge in [0.05, 0.1) is 0 Å². The van der Waals surface area contributed by atoms with E-state index in [0.29, 0.717) is 12.4 Å². The van der Waals surface area contributed by atoms with E-state index in [0.717, 1.165) is 41.8 Å². The lowest BCUT2D eigenvalue weighted by Gasteiger charge is -2.11. The topological polar surface area (TPSA) is 50.4 Å². The third kappa shape index (κ3) is 6.55. The number of nitrogens with zero attached hydrogens (tertiary/aromatic N) is 1. The number of nitrogens with one attached hydrogen (secondary N) is 1. The Labute approximate surface area is 140 Å². The van der Waals surface area contributed by atoms with Gasteiger partial charge in [-0.1, -0.05) is 44.2 Å². The second kappa shape index (κ2) is 10.4. The average molecular weight is 311 g/mol. The quantitative estimate of drug-likeness (QED) is 0.298. The van der Waals surface area contributed by atoms with E-state index in [4.69, 9.17) is 5.73 Å². The van der Waals surface area contributed by atoms with Gasteiger partial charge in [0.15, 0.2) is 0 Å². The molecule has 3 N–H and O–H groups in total. The summed E-state index contributed by atoms with van der Waals surface area (Å²) in [6, 6.07) is 8.30. The molecule has 0 spiro atoms. The van der Waals surface area contributed by atoms with Crippen molar-refractivity contribution in [2.24, 2.45) is 10.7 Å². The van der Waals surface area contributed by atoms with Crippen LogP contribution in [0.1, 0.15) is 39.2 Å². The van der Waals surface area contributed by atoms with Crippen molar-refractivity contribution in [3.05, 3.63) is 59.7 Å². The molecule has 0 saturated carbocycles. The van der Waals surface area contributed by atoms with E-state index >= 15 is 0 Å². The molecule has 0 unspecified atom stereocenters. The SMILES string of the molecule is C=C(CCC)C(=Cc1ccc(NCC=CC)cc1)C(N)=NCC. The van der Waals surface area contributed by atoms with Crippen molar-refractivity contribution in [1.29, 1.82) is 0 Å². The zero-order valence-electron chi connectivity index (χ0n) is 14.6. The van der Waals surface area contributed by atoms with Crippen molar-refractivity contribution >= 4 is 17.6 Å². The molecule has 0 atom stereocenters. The van der Waals surface area contributed by atoms with Crippen molar-refractivity contribution in [3.63, 3.8) is 0 Å². The maximum absolute atomic E-state index is 6.12. The van der Waals surface area contributed by atoms with Crippen LogP contribution in [-0.2, 0) is 0 Å². The van der Waals surface area contributed by atoms with E-state index in [1.807, 2.05) is 19.9 Å². The number of nitrogens with two attached hydrogens (primary N) is 1. The Bertz CT molecular complexity index is 577. The van der Waals surface area contributed by atoms with E-state index in [2.05, 4.69) is 60.2 Å². The summed E-state index contributed by atoms with van der Waals surface area (Å²) in [4.78, 5) is 4.34.